The van der Waals surface area contributed by atoms with Crippen molar-refractivity contribution in [2.45, 2.75) is 19.5 Å². The van der Waals surface area contributed by atoms with E-state index in [0.717, 1.165) is 12.1 Å². The van der Waals surface area contributed by atoms with Crippen molar-refractivity contribution in [3.63, 3.8) is 0 Å². The number of nitrogens with zero attached hydrogens (tertiary/aromatic N) is 1. The Morgan fingerprint density at radius 2 is 1.96 bits per heavy atom. The smallest absolute Gasteiger partial charge is 0.382 e. The Labute approximate surface area is 143 Å². The zero-order valence-electron chi connectivity index (χ0n) is 13.0. The zero-order valence-corrected chi connectivity index (χ0v) is 13.8. The van der Waals surface area contributed by atoms with Crippen LogP contribution in [-0.4, -0.2) is 35.7 Å². The van der Waals surface area contributed by atoms with Gasteiger partial charge >= 0.3 is 6.18 Å². The van der Waals surface area contributed by atoms with Crippen LogP contribution < -0.4 is 5.32 Å². The van der Waals surface area contributed by atoms with Gasteiger partial charge in [-0.15, -0.1) is 0 Å². The van der Waals surface area contributed by atoms with Crippen LogP contribution in [0.15, 0.2) is 30.0 Å². The average Bonchev–Trinajstić information content (AvgIpc) is 2.78. The van der Waals surface area contributed by atoms with Crippen LogP contribution in [-0.2, 0) is 15.7 Å². The molecule has 0 aromatic heterocycles. The number of thiocarbonyl (C=S) groups is 1. The molecule has 0 unspecified atom stereocenters. The maximum atomic E-state index is 12.5. The van der Waals surface area contributed by atoms with Crippen LogP contribution in [0, 0.1) is 0 Å². The van der Waals surface area contributed by atoms with E-state index in [1.165, 1.54) is 23.1 Å². The Kier molecular flexibility index (Phi) is 5.95. The molecular formula is C16H17F3N2O2S. The van der Waals surface area contributed by atoms with Crippen molar-refractivity contribution in [2.24, 2.45) is 0 Å². The number of hydrogen-bond donors (Lipinski definition) is 1. The summed E-state index contributed by atoms with van der Waals surface area (Å²) in [6.07, 6.45) is -2.25. The molecule has 0 atom stereocenters. The monoisotopic (exact) mass is 358 g/mol. The van der Waals surface area contributed by atoms with Gasteiger partial charge in [0, 0.05) is 19.8 Å². The highest BCUT2D eigenvalue weighted by Crippen LogP contribution is 2.29. The first-order valence-corrected chi connectivity index (χ1v) is 7.83. The normalized spacial score (nSPS) is 16.8. The van der Waals surface area contributed by atoms with Crippen LogP contribution in [0.1, 0.15) is 24.5 Å². The van der Waals surface area contributed by atoms with Crippen molar-refractivity contribution in [2.75, 3.05) is 19.8 Å². The van der Waals surface area contributed by atoms with Crippen LogP contribution in [0.25, 0.3) is 6.08 Å². The highest BCUT2D eigenvalue weighted by atomic mass is 32.1. The minimum Gasteiger partial charge on any atom is -0.382 e. The van der Waals surface area contributed by atoms with Crippen molar-refractivity contribution >= 4 is 29.3 Å². The number of halogens is 3. The fourth-order valence-electron chi connectivity index (χ4n) is 2.18. The second kappa shape index (κ2) is 7.76. The topological polar surface area (TPSA) is 41.6 Å². The number of ether oxygens (including phenoxy) is 1. The summed E-state index contributed by atoms with van der Waals surface area (Å²) in [5, 5.41) is 3.08. The Balaban J connectivity index is 2.05. The number of rotatable bonds is 6. The number of nitrogens with one attached hydrogen (secondary N) is 1. The molecule has 2 rings (SSSR count). The van der Waals surface area contributed by atoms with Gasteiger partial charge in [0.1, 0.15) is 5.70 Å². The molecule has 1 N–H and O–H groups in total. The first-order valence-electron chi connectivity index (χ1n) is 7.42. The standard InChI is InChI=1S/C16H17F3N2O2S/c1-2-23-9-3-8-21-14(22)13(20-15(21)24)10-11-4-6-12(7-5-11)16(17,18)19/h4-7,10H,2-3,8-9H2,1H3,(H,20,24)/b13-10+. The lowest BCUT2D eigenvalue weighted by Crippen LogP contribution is -2.32. The van der Waals surface area contributed by atoms with Crippen molar-refractivity contribution < 1.29 is 22.7 Å². The molecule has 0 bridgehead atoms. The molecule has 1 aliphatic rings. The van der Waals surface area contributed by atoms with E-state index in [-0.39, 0.29) is 16.7 Å². The van der Waals surface area contributed by atoms with Crippen LogP contribution in [0.5, 0.6) is 0 Å². The Morgan fingerprint density at radius 3 is 2.54 bits per heavy atom. The molecule has 130 valence electrons. The van der Waals surface area contributed by atoms with Gasteiger partial charge < -0.3 is 10.1 Å². The molecule has 0 radical (unpaired) electrons. The maximum absolute atomic E-state index is 12.5. The summed E-state index contributed by atoms with van der Waals surface area (Å²) < 4.78 is 42.9. The van der Waals surface area contributed by atoms with Gasteiger partial charge in [0.15, 0.2) is 5.11 Å². The highest BCUT2D eigenvalue weighted by Gasteiger charge is 2.31. The van der Waals surface area contributed by atoms with Gasteiger partial charge in [0.05, 0.1) is 5.56 Å². The maximum Gasteiger partial charge on any atom is 0.416 e. The minimum absolute atomic E-state index is 0.246. The molecule has 1 aromatic carbocycles. The number of hydrogen-bond acceptors (Lipinski definition) is 3. The van der Waals surface area contributed by atoms with Crippen LogP contribution in [0.2, 0.25) is 0 Å². The van der Waals surface area contributed by atoms with E-state index in [2.05, 4.69) is 5.32 Å². The van der Waals surface area contributed by atoms with Crippen molar-refractivity contribution in [3.05, 3.63) is 41.1 Å². The summed E-state index contributed by atoms with van der Waals surface area (Å²) in [7, 11) is 0. The minimum atomic E-state index is -4.38. The number of carbonyl (C=O) groups is 1. The third kappa shape index (κ3) is 4.55. The van der Waals surface area contributed by atoms with E-state index in [1.807, 2.05) is 6.92 Å². The SMILES string of the molecule is CCOCCCN1C(=O)/C(=C\c2ccc(C(F)(F)F)cc2)NC1=S. The lowest BCUT2D eigenvalue weighted by Gasteiger charge is -2.13. The number of alkyl halides is 3. The predicted molar refractivity (Wildman–Crippen MR) is 88.0 cm³/mol. The van der Waals surface area contributed by atoms with E-state index in [9.17, 15) is 18.0 Å². The summed E-state index contributed by atoms with van der Waals surface area (Å²) >= 11 is 5.12. The fourth-order valence-corrected chi connectivity index (χ4v) is 2.46. The Hall–Kier alpha value is -1.93. The second-order valence-corrected chi connectivity index (χ2v) is 5.50. The van der Waals surface area contributed by atoms with Crippen LogP contribution in [0.4, 0.5) is 13.2 Å². The summed E-state index contributed by atoms with van der Waals surface area (Å²) in [5.41, 5.74) is -0.00239. The van der Waals surface area contributed by atoms with Gasteiger partial charge in [-0.3, -0.25) is 9.69 Å². The number of benzene rings is 1. The first kappa shape index (κ1) is 18.4. The molecular weight excluding hydrogens is 341 g/mol. The first-order chi connectivity index (χ1) is 11.3. The number of carbonyl (C=O) groups excluding carboxylic acids is 1. The largest absolute Gasteiger partial charge is 0.416 e. The van der Waals surface area contributed by atoms with E-state index < -0.39 is 11.7 Å². The van der Waals surface area contributed by atoms with E-state index in [1.54, 1.807) is 0 Å². The van der Waals surface area contributed by atoms with Gasteiger partial charge in [-0.2, -0.15) is 13.2 Å². The van der Waals surface area contributed by atoms with Gasteiger partial charge in [0.25, 0.3) is 5.91 Å². The molecule has 0 aliphatic carbocycles. The molecule has 0 saturated carbocycles. The summed E-state index contributed by atoms with van der Waals surface area (Å²) in [4.78, 5) is 13.7. The molecule has 8 heteroatoms. The lowest BCUT2D eigenvalue weighted by atomic mass is 10.1. The van der Waals surface area contributed by atoms with Crippen molar-refractivity contribution in [1.29, 1.82) is 0 Å². The second-order valence-electron chi connectivity index (χ2n) is 5.12. The number of amides is 1. The molecule has 1 aromatic rings. The van der Waals surface area contributed by atoms with E-state index in [4.69, 9.17) is 17.0 Å². The van der Waals surface area contributed by atoms with Crippen molar-refractivity contribution in [1.82, 2.24) is 10.2 Å². The molecule has 4 nitrogen and oxygen atoms in total. The predicted octanol–water partition coefficient (Wildman–Crippen LogP) is 3.19. The molecule has 1 amide bonds. The third-order valence-corrected chi connectivity index (χ3v) is 3.71. The van der Waals surface area contributed by atoms with Gasteiger partial charge in [-0.25, -0.2) is 0 Å². The van der Waals surface area contributed by atoms with Crippen LogP contribution in [0.3, 0.4) is 0 Å². The summed E-state index contributed by atoms with van der Waals surface area (Å²) in [6.45, 7) is 3.45. The molecule has 1 fully saturated rings. The fraction of sp³-hybridized carbons (Fsp3) is 0.375. The lowest BCUT2D eigenvalue weighted by molar-refractivity contribution is -0.137. The third-order valence-electron chi connectivity index (χ3n) is 3.39. The van der Waals surface area contributed by atoms with Gasteiger partial charge in [-0.1, -0.05) is 12.1 Å². The molecule has 0 spiro atoms. The Bertz CT molecular complexity index is 642. The van der Waals surface area contributed by atoms with Gasteiger partial charge in [-0.05, 0) is 49.3 Å². The molecule has 1 heterocycles. The Morgan fingerprint density at radius 1 is 1.29 bits per heavy atom. The summed E-state index contributed by atoms with van der Waals surface area (Å²) in [5.74, 6) is -0.295. The van der Waals surface area contributed by atoms with E-state index in [0.29, 0.717) is 31.7 Å². The van der Waals surface area contributed by atoms with Crippen molar-refractivity contribution in [3.8, 4) is 0 Å². The zero-order chi connectivity index (χ0) is 17.7. The highest BCUT2D eigenvalue weighted by molar-refractivity contribution is 7.80. The molecule has 1 saturated heterocycles. The van der Waals surface area contributed by atoms with Gasteiger partial charge in [0.2, 0.25) is 0 Å². The van der Waals surface area contributed by atoms with E-state index >= 15 is 0 Å². The van der Waals surface area contributed by atoms with Crippen LogP contribution >= 0.6 is 12.2 Å². The average molecular weight is 358 g/mol. The molecule has 24 heavy (non-hydrogen) atoms. The molecule has 1 aliphatic heterocycles. The summed E-state index contributed by atoms with van der Waals surface area (Å²) in [6, 6.07) is 4.57. The quantitative estimate of drug-likeness (QED) is 0.482.